The molecule has 88 valence electrons. The Bertz CT molecular complexity index is 561. The fraction of sp³-hybridized carbons (Fsp3) is 0.0909. The normalized spacial score (nSPS) is 10.6. The third-order valence-corrected chi connectivity index (χ3v) is 2.38. The van der Waals surface area contributed by atoms with Crippen LogP contribution < -0.4 is 5.73 Å². The Kier molecular flexibility index (Phi) is 2.71. The highest BCUT2D eigenvalue weighted by Gasteiger charge is 2.14. The van der Waals surface area contributed by atoms with Crippen LogP contribution in [0.5, 0.6) is 0 Å². The van der Waals surface area contributed by atoms with Gasteiger partial charge in [0.1, 0.15) is 12.1 Å². The zero-order valence-corrected chi connectivity index (χ0v) is 8.84. The maximum atomic E-state index is 13.1. The first kappa shape index (κ1) is 11.4. The first-order chi connectivity index (χ1) is 8.00. The van der Waals surface area contributed by atoms with Crippen LogP contribution in [0, 0.1) is 24.4 Å². The summed E-state index contributed by atoms with van der Waals surface area (Å²) in [6, 6.07) is 1.74. The molecule has 0 bridgehead atoms. The summed E-state index contributed by atoms with van der Waals surface area (Å²) in [5.74, 6) is -3.83. The summed E-state index contributed by atoms with van der Waals surface area (Å²) >= 11 is 0. The fourth-order valence-corrected chi connectivity index (χ4v) is 1.45. The molecule has 1 aromatic heterocycles. The standard InChI is InChI=1S/C11H8F3N3/c1-5-10(16-4-17-11(5)15)6-2-7(12)9(14)8(13)3-6/h2-4H,1H3,(H2,15,16,17). The topological polar surface area (TPSA) is 51.8 Å². The average molecular weight is 239 g/mol. The molecule has 3 nitrogen and oxygen atoms in total. The molecule has 2 rings (SSSR count). The number of rotatable bonds is 1. The van der Waals surface area contributed by atoms with E-state index in [-0.39, 0.29) is 17.1 Å². The van der Waals surface area contributed by atoms with E-state index >= 15 is 0 Å². The van der Waals surface area contributed by atoms with E-state index in [1.807, 2.05) is 0 Å². The van der Waals surface area contributed by atoms with Crippen molar-refractivity contribution >= 4 is 5.82 Å². The Labute approximate surface area is 95.1 Å². The molecule has 6 heteroatoms. The monoisotopic (exact) mass is 239 g/mol. The Hall–Kier alpha value is -2.11. The van der Waals surface area contributed by atoms with Gasteiger partial charge in [0.2, 0.25) is 0 Å². The fourth-order valence-electron chi connectivity index (χ4n) is 1.45. The van der Waals surface area contributed by atoms with Crippen molar-refractivity contribution in [3.05, 3.63) is 41.5 Å². The van der Waals surface area contributed by atoms with Crippen molar-refractivity contribution in [2.75, 3.05) is 5.73 Å². The van der Waals surface area contributed by atoms with Crippen LogP contribution in [0.1, 0.15) is 5.56 Å². The molecule has 0 aliphatic heterocycles. The lowest BCUT2D eigenvalue weighted by molar-refractivity contribution is 0.447. The van der Waals surface area contributed by atoms with Gasteiger partial charge < -0.3 is 5.73 Å². The SMILES string of the molecule is Cc1c(N)ncnc1-c1cc(F)c(F)c(F)c1. The van der Waals surface area contributed by atoms with E-state index in [1.54, 1.807) is 6.92 Å². The minimum absolute atomic E-state index is 0.119. The van der Waals surface area contributed by atoms with Crippen LogP contribution in [0.15, 0.2) is 18.5 Å². The molecule has 0 fully saturated rings. The molecule has 0 unspecified atom stereocenters. The highest BCUT2D eigenvalue weighted by Crippen LogP contribution is 2.26. The molecule has 2 N–H and O–H groups in total. The Morgan fingerprint density at radius 1 is 1.06 bits per heavy atom. The Morgan fingerprint density at radius 3 is 2.24 bits per heavy atom. The maximum Gasteiger partial charge on any atom is 0.194 e. The first-order valence-corrected chi connectivity index (χ1v) is 4.72. The highest BCUT2D eigenvalue weighted by molar-refractivity contribution is 5.66. The summed E-state index contributed by atoms with van der Waals surface area (Å²) in [5.41, 5.74) is 6.43. The molecule has 0 atom stereocenters. The summed E-state index contributed by atoms with van der Waals surface area (Å²) < 4.78 is 38.9. The zero-order valence-electron chi connectivity index (χ0n) is 8.84. The van der Waals surface area contributed by atoms with E-state index in [0.717, 1.165) is 12.1 Å². The molecule has 0 radical (unpaired) electrons. The summed E-state index contributed by atoms with van der Waals surface area (Å²) in [7, 11) is 0. The van der Waals surface area contributed by atoms with Gasteiger partial charge >= 0.3 is 0 Å². The quantitative estimate of drug-likeness (QED) is 0.777. The number of benzene rings is 1. The number of hydrogen-bond acceptors (Lipinski definition) is 3. The van der Waals surface area contributed by atoms with Crippen LogP contribution >= 0.6 is 0 Å². The highest BCUT2D eigenvalue weighted by atomic mass is 19.2. The van der Waals surface area contributed by atoms with E-state index in [9.17, 15) is 13.2 Å². The molecule has 0 aliphatic carbocycles. The lowest BCUT2D eigenvalue weighted by Gasteiger charge is -2.07. The van der Waals surface area contributed by atoms with Crippen LogP contribution in [0.3, 0.4) is 0 Å². The third kappa shape index (κ3) is 1.93. The minimum atomic E-state index is -1.51. The van der Waals surface area contributed by atoms with Crippen LogP contribution in [0.25, 0.3) is 11.3 Å². The van der Waals surface area contributed by atoms with Gasteiger partial charge in [-0.25, -0.2) is 23.1 Å². The minimum Gasteiger partial charge on any atom is -0.383 e. The molecule has 2 aromatic rings. The molecule has 0 amide bonds. The van der Waals surface area contributed by atoms with E-state index in [1.165, 1.54) is 6.33 Å². The van der Waals surface area contributed by atoms with Crippen molar-refractivity contribution in [2.24, 2.45) is 0 Å². The van der Waals surface area contributed by atoms with Crippen molar-refractivity contribution in [3.63, 3.8) is 0 Å². The van der Waals surface area contributed by atoms with Gasteiger partial charge in [-0.1, -0.05) is 0 Å². The molecule has 1 heterocycles. The van der Waals surface area contributed by atoms with Crippen molar-refractivity contribution in [3.8, 4) is 11.3 Å². The van der Waals surface area contributed by atoms with Crippen molar-refractivity contribution < 1.29 is 13.2 Å². The summed E-state index contributed by atoms with van der Waals surface area (Å²) in [6.07, 6.45) is 1.18. The van der Waals surface area contributed by atoms with Crippen molar-refractivity contribution in [2.45, 2.75) is 6.92 Å². The second-order valence-electron chi connectivity index (χ2n) is 3.49. The molecule has 17 heavy (non-hydrogen) atoms. The number of anilines is 1. The number of aromatic nitrogens is 2. The van der Waals surface area contributed by atoms with Crippen LogP contribution in [0.2, 0.25) is 0 Å². The number of halogens is 3. The van der Waals surface area contributed by atoms with Gasteiger partial charge in [0.05, 0.1) is 5.69 Å². The van der Waals surface area contributed by atoms with Gasteiger partial charge in [0.25, 0.3) is 0 Å². The third-order valence-electron chi connectivity index (χ3n) is 2.38. The molecule has 1 aromatic carbocycles. The molecule has 0 saturated heterocycles. The van der Waals surface area contributed by atoms with Crippen LogP contribution in [-0.4, -0.2) is 9.97 Å². The lowest BCUT2D eigenvalue weighted by Crippen LogP contribution is -2.00. The van der Waals surface area contributed by atoms with Crippen molar-refractivity contribution in [1.82, 2.24) is 9.97 Å². The average Bonchev–Trinajstić information content (AvgIpc) is 2.29. The smallest absolute Gasteiger partial charge is 0.194 e. The van der Waals surface area contributed by atoms with Crippen molar-refractivity contribution in [1.29, 1.82) is 0 Å². The molecule has 0 spiro atoms. The summed E-state index contributed by atoms with van der Waals surface area (Å²) in [4.78, 5) is 7.61. The predicted octanol–water partition coefficient (Wildman–Crippen LogP) is 2.45. The second kappa shape index (κ2) is 4.04. The Morgan fingerprint density at radius 2 is 1.65 bits per heavy atom. The van der Waals surface area contributed by atoms with Crippen LogP contribution in [-0.2, 0) is 0 Å². The van der Waals surface area contributed by atoms with E-state index in [0.29, 0.717) is 5.56 Å². The van der Waals surface area contributed by atoms with Gasteiger partial charge in [-0.3, -0.25) is 0 Å². The number of nitrogens with zero attached hydrogens (tertiary/aromatic N) is 2. The number of nitrogens with two attached hydrogens (primary N) is 1. The molecular formula is C11H8F3N3. The molecular weight excluding hydrogens is 231 g/mol. The van der Waals surface area contributed by atoms with Gasteiger partial charge in [-0.2, -0.15) is 0 Å². The number of nitrogen functional groups attached to an aromatic ring is 1. The van der Waals surface area contributed by atoms with Gasteiger partial charge in [0.15, 0.2) is 17.5 Å². The van der Waals surface area contributed by atoms with Gasteiger partial charge in [-0.05, 0) is 19.1 Å². The summed E-state index contributed by atoms with van der Waals surface area (Å²) in [6.45, 7) is 1.61. The largest absolute Gasteiger partial charge is 0.383 e. The van der Waals surface area contributed by atoms with E-state index in [4.69, 9.17) is 5.73 Å². The first-order valence-electron chi connectivity index (χ1n) is 4.72. The van der Waals surface area contributed by atoms with E-state index in [2.05, 4.69) is 9.97 Å². The lowest BCUT2D eigenvalue weighted by atomic mass is 10.1. The predicted molar refractivity (Wildman–Crippen MR) is 56.5 cm³/mol. The number of hydrogen-bond donors (Lipinski definition) is 1. The second-order valence-corrected chi connectivity index (χ2v) is 3.49. The van der Waals surface area contributed by atoms with Gasteiger partial charge in [0, 0.05) is 11.1 Å². The zero-order chi connectivity index (χ0) is 12.6. The van der Waals surface area contributed by atoms with E-state index < -0.39 is 17.5 Å². The summed E-state index contributed by atoms with van der Waals surface area (Å²) in [5, 5.41) is 0. The molecule has 0 aliphatic rings. The maximum absolute atomic E-state index is 13.1. The Balaban J connectivity index is 2.65. The molecule has 0 saturated carbocycles. The van der Waals surface area contributed by atoms with Crippen LogP contribution in [0.4, 0.5) is 19.0 Å². The van der Waals surface area contributed by atoms with Gasteiger partial charge in [-0.15, -0.1) is 0 Å².